The second-order valence-corrected chi connectivity index (χ2v) is 8.40. The zero-order valence-electron chi connectivity index (χ0n) is 19.2. The summed E-state index contributed by atoms with van der Waals surface area (Å²) in [7, 11) is 0. The summed E-state index contributed by atoms with van der Waals surface area (Å²) in [4.78, 5) is 78.6. The maximum atomic E-state index is 13.7. The highest BCUT2D eigenvalue weighted by Crippen LogP contribution is 2.36. The van der Waals surface area contributed by atoms with E-state index in [1.807, 2.05) is 0 Å². The molecular weight excluding hydrogens is 492 g/mol. The Morgan fingerprint density at radius 2 is 1.42 bits per heavy atom. The first-order valence-electron chi connectivity index (χ1n) is 11.2. The number of carbonyl (C=O) groups excluding carboxylic acids is 4. The van der Waals surface area contributed by atoms with E-state index in [4.69, 9.17) is 0 Å². The monoisotopic (exact) mass is 506 g/mol. The molecule has 0 saturated heterocycles. The number of nitro benzene ring substituents is 1. The van der Waals surface area contributed by atoms with Crippen molar-refractivity contribution in [2.45, 2.75) is 0 Å². The van der Waals surface area contributed by atoms with Gasteiger partial charge in [-0.2, -0.15) is 0 Å². The number of imidazole rings is 2. The van der Waals surface area contributed by atoms with Crippen LogP contribution in [0.3, 0.4) is 0 Å². The van der Waals surface area contributed by atoms with Gasteiger partial charge in [-0.3, -0.25) is 29.3 Å². The van der Waals surface area contributed by atoms with Crippen molar-refractivity contribution in [1.29, 1.82) is 0 Å². The normalized spacial score (nSPS) is 12.7. The summed E-state index contributed by atoms with van der Waals surface area (Å²) in [5.41, 5.74) is -0.323. The molecule has 0 atom stereocenters. The third kappa shape index (κ3) is 3.47. The van der Waals surface area contributed by atoms with Gasteiger partial charge in [0.1, 0.15) is 0 Å². The van der Waals surface area contributed by atoms with Crippen molar-refractivity contribution in [3.63, 3.8) is 0 Å². The molecule has 12 nitrogen and oxygen atoms in total. The van der Waals surface area contributed by atoms with Crippen molar-refractivity contribution in [2.24, 2.45) is 0 Å². The number of non-ortho nitro benzene ring substituents is 1. The Labute approximate surface area is 212 Å². The van der Waals surface area contributed by atoms with Gasteiger partial charge in [0.2, 0.25) is 11.6 Å². The van der Waals surface area contributed by atoms with Crippen LogP contribution in [0.15, 0.2) is 73.3 Å². The van der Waals surface area contributed by atoms with Gasteiger partial charge in [0.05, 0.1) is 16.2 Å². The first-order chi connectivity index (χ1) is 18.3. The summed E-state index contributed by atoms with van der Waals surface area (Å²) < 4.78 is 0. The summed E-state index contributed by atoms with van der Waals surface area (Å²) in [6.45, 7) is 0. The van der Waals surface area contributed by atoms with Crippen LogP contribution >= 0.6 is 0 Å². The van der Waals surface area contributed by atoms with Crippen LogP contribution in [0.2, 0.25) is 0 Å². The summed E-state index contributed by atoms with van der Waals surface area (Å²) in [6.07, 6.45) is 5.67. The van der Waals surface area contributed by atoms with E-state index in [9.17, 15) is 29.3 Å². The zero-order valence-corrected chi connectivity index (χ0v) is 19.2. The van der Waals surface area contributed by atoms with Gasteiger partial charge in [0.25, 0.3) is 17.5 Å². The second-order valence-electron chi connectivity index (χ2n) is 8.40. The molecule has 3 aromatic carbocycles. The number of hydrogen-bond acceptors (Lipinski definition) is 8. The van der Waals surface area contributed by atoms with Crippen LogP contribution < -0.4 is 4.90 Å². The molecule has 0 radical (unpaired) electrons. The fourth-order valence-electron chi connectivity index (χ4n) is 4.49. The maximum Gasteiger partial charge on any atom is 0.270 e. The Morgan fingerprint density at radius 1 is 0.816 bits per heavy atom. The van der Waals surface area contributed by atoms with Crippen LogP contribution in [0.5, 0.6) is 0 Å². The lowest BCUT2D eigenvalue weighted by molar-refractivity contribution is -0.384. The van der Waals surface area contributed by atoms with Crippen molar-refractivity contribution < 1.29 is 24.1 Å². The smallest absolute Gasteiger partial charge is 0.270 e. The predicted octanol–water partition coefficient (Wildman–Crippen LogP) is 3.46. The summed E-state index contributed by atoms with van der Waals surface area (Å²) >= 11 is 0. The first kappa shape index (κ1) is 22.7. The highest BCUT2D eigenvalue weighted by atomic mass is 16.6. The van der Waals surface area contributed by atoms with Crippen LogP contribution in [0.25, 0.3) is 10.8 Å². The van der Waals surface area contributed by atoms with Crippen molar-refractivity contribution in [3.8, 4) is 0 Å². The van der Waals surface area contributed by atoms with Crippen molar-refractivity contribution >= 4 is 45.5 Å². The quantitative estimate of drug-likeness (QED) is 0.152. The van der Waals surface area contributed by atoms with E-state index in [1.54, 1.807) is 12.1 Å². The van der Waals surface area contributed by atoms with Crippen molar-refractivity contribution in [1.82, 2.24) is 19.9 Å². The molecule has 6 rings (SSSR count). The number of carbonyl (C=O) groups is 4. The van der Waals surface area contributed by atoms with E-state index >= 15 is 0 Å². The lowest BCUT2D eigenvalue weighted by Gasteiger charge is -2.27. The number of nitrogens with one attached hydrogen (secondary N) is 2. The van der Waals surface area contributed by atoms with E-state index in [0.29, 0.717) is 10.8 Å². The van der Waals surface area contributed by atoms with Crippen LogP contribution in [0.4, 0.5) is 11.4 Å². The Balaban J connectivity index is 1.55. The number of imide groups is 1. The van der Waals surface area contributed by atoms with Crippen molar-refractivity contribution in [2.75, 3.05) is 4.90 Å². The van der Waals surface area contributed by atoms with Gasteiger partial charge >= 0.3 is 0 Å². The lowest BCUT2D eigenvalue weighted by atomic mass is 9.92. The van der Waals surface area contributed by atoms with E-state index in [-0.39, 0.29) is 45.3 Å². The number of nitrogens with zero attached hydrogens (tertiary/aromatic N) is 4. The van der Waals surface area contributed by atoms with Gasteiger partial charge < -0.3 is 9.97 Å². The topological polar surface area (TPSA) is 172 Å². The number of anilines is 1. The molecule has 2 amide bonds. The number of benzene rings is 3. The van der Waals surface area contributed by atoms with Crippen LogP contribution in [0.1, 0.15) is 53.1 Å². The highest BCUT2D eigenvalue weighted by Gasteiger charge is 2.36. The maximum absolute atomic E-state index is 13.7. The van der Waals surface area contributed by atoms with Gasteiger partial charge in [-0.25, -0.2) is 14.9 Å². The van der Waals surface area contributed by atoms with Crippen LogP contribution in [-0.2, 0) is 0 Å². The fraction of sp³-hybridized carbons (Fsp3) is 0. The Hall–Kier alpha value is -5.78. The molecule has 3 heterocycles. The lowest BCUT2D eigenvalue weighted by Crippen LogP contribution is -2.40. The fourth-order valence-corrected chi connectivity index (χ4v) is 4.49. The zero-order chi connectivity index (χ0) is 26.6. The minimum Gasteiger partial charge on any atom is -0.342 e. The molecule has 0 spiro atoms. The van der Waals surface area contributed by atoms with Crippen LogP contribution in [-0.4, -0.2) is 48.2 Å². The van der Waals surface area contributed by atoms with E-state index < -0.39 is 28.3 Å². The molecule has 0 saturated carbocycles. The molecule has 12 heteroatoms. The number of aromatic amines is 2. The molecule has 0 unspecified atom stereocenters. The van der Waals surface area contributed by atoms with Gasteiger partial charge in [0.15, 0.2) is 11.6 Å². The second kappa shape index (κ2) is 8.41. The third-order valence-corrected chi connectivity index (χ3v) is 6.17. The summed E-state index contributed by atoms with van der Waals surface area (Å²) in [5, 5.41) is 12.2. The molecule has 0 aliphatic carbocycles. The molecule has 184 valence electrons. The van der Waals surface area contributed by atoms with E-state index in [1.165, 1.54) is 55.1 Å². The molecular formula is C26H14N6O6. The largest absolute Gasteiger partial charge is 0.342 e. The highest BCUT2D eigenvalue weighted by molar-refractivity contribution is 6.36. The molecule has 2 aromatic heterocycles. The van der Waals surface area contributed by atoms with Crippen molar-refractivity contribution in [3.05, 3.63) is 117 Å². The van der Waals surface area contributed by atoms with Crippen LogP contribution in [0, 0.1) is 10.1 Å². The Morgan fingerprint density at radius 3 is 1.97 bits per heavy atom. The number of hydrogen-bond donors (Lipinski definition) is 2. The number of aromatic nitrogens is 4. The van der Waals surface area contributed by atoms with Gasteiger partial charge in [0, 0.05) is 59.0 Å². The average Bonchev–Trinajstić information content (AvgIpc) is 3.65. The molecule has 2 N–H and O–H groups in total. The number of ketones is 2. The molecule has 0 fully saturated rings. The number of rotatable bonds is 6. The van der Waals surface area contributed by atoms with Gasteiger partial charge in [-0.1, -0.05) is 12.1 Å². The summed E-state index contributed by atoms with van der Waals surface area (Å²) in [6, 6.07) is 10.9. The molecule has 38 heavy (non-hydrogen) atoms. The Kier molecular flexibility index (Phi) is 5.02. The van der Waals surface area contributed by atoms with Gasteiger partial charge in [-0.15, -0.1) is 0 Å². The number of H-pyrrole nitrogens is 2. The molecule has 5 aromatic rings. The van der Waals surface area contributed by atoms with Gasteiger partial charge in [-0.05, 0) is 29.7 Å². The SMILES string of the molecule is O=C(c1cc(C(=O)c2ncc[nH]2)cc(N2C(=O)c3cccc4cc([N+](=O)[O-])cc(c34)C2=O)c1)c1ncc[nH]1. The molecule has 1 aliphatic heterocycles. The molecule has 1 aliphatic rings. The molecule has 0 bridgehead atoms. The number of amides is 2. The predicted molar refractivity (Wildman–Crippen MR) is 132 cm³/mol. The first-order valence-corrected chi connectivity index (χ1v) is 11.2. The average molecular weight is 506 g/mol. The standard InChI is InChI=1S/C26H14N6O6/c33-21(23-27-4-5-28-23)14-8-15(22(34)24-29-6-7-30-24)11-16(10-14)31-25(35)18-3-1-2-13-9-17(32(37)38)12-19(20(13)18)26(31)36/h1-12H,(H,27,28)(H,29,30). The minimum absolute atomic E-state index is 0.0133. The third-order valence-electron chi connectivity index (χ3n) is 6.17. The Bertz CT molecular complexity index is 1760. The van der Waals surface area contributed by atoms with E-state index in [2.05, 4.69) is 19.9 Å². The number of nitro groups is 1. The van der Waals surface area contributed by atoms with E-state index in [0.717, 1.165) is 11.0 Å². The minimum atomic E-state index is -0.832. The summed E-state index contributed by atoms with van der Waals surface area (Å²) in [5.74, 6) is -2.73.